The van der Waals surface area contributed by atoms with E-state index in [1.807, 2.05) is 30.3 Å². The van der Waals surface area contributed by atoms with Crippen molar-refractivity contribution >= 4 is 16.8 Å². The predicted molar refractivity (Wildman–Crippen MR) is 95.4 cm³/mol. The van der Waals surface area contributed by atoms with E-state index in [4.69, 9.17) is 5.73 Å². The predicted octanol–water partition coefficient (Wildman–Crippen LogP) is 4.13. The van der Waals surface area contributed by atoms with Gasteiger partial charge in [0.1, 0.15) is 5.82 Å². The van der Waals surface area contributed by atoms with Gasteiger partial charge in [-0.15, -0.1) is 0 Å². The number of amides is 1. The molecule has 3 aromatic carbocycles. The van der Waals surface area contributed by atoms with Gasteiger partial charge in [-0.25, -0.2) is 4.39 Å². The summed E-state index contributed by atoms with van der Waals surface area (Å²) >= 11 is 0. The number of carbonyl (C=O) groups excluding carboxylic acids is 1. The molecule has 0 aliphatic carbocycles. The van der Waals surface area contributed by atoms with Crippen molar-refractivity contribution in [3.63, 3.8) is 0 Å². The Labute approximate surface area is 143 Å². The van der Waals surface area contributed by atoms with Crippen LogP contribution in [0.5, 0.6) is 0 Å². The fourth-order valence-corrected chi connectivity index (χ4v) is 2.96. The number of benzene rings is 3. The van der Waals surface area contributed by atoms with Crippen LogP contribution in [-0.2, 0) is 0 Å². The van der Waals surface area contributed by atoms with Crippen molar-refractivity contribution in [2.75, 3.05) is 0 Å². The summed E-state index contributed by atoms with van der Waals surface area (Å²) in [7, 11) is 0. The molecular formula is C20H14FN3O. The van der Waals surface area contributed by atoms with Crippen molar-refractivity contribution in [3.8, 4) is 22.4 Å². The zero-order chi connectivity index (χ0) is 17.4. The normalized spacial score (nSPS) is 10.9. The second-order valence-corrected chi connectivity index (χ2v) is 5.75. The molecule has 122 valence electrons. The molecule has 4 aromatic rings. The number of fused-ring (bicyclic) bond motifs is 1. The van der Waals surface area contributed by atoms with Gasteiger partial charge in [0, 0.05) is 16.5 Å². The minimum atomic E-state index is -0.471. The Morgan fingerprint density at radius 3 is 2.44 bits per heavy atom. The van der Waals surface area contributed by atoms with E-state index in [0.717, 1.165) is 33.3 Å². The second-order valence-electron chi connectivity index (χ2n) is 5.75. The third-order valence-corrected chi connectivity index (χ3v) is 4.18. The van der Waals surface area contributed by atoms with Gasteiger partial charge in [-0.05, 0) is 53.6 Å². The quantitative estimate of drug-likeness (QED) is 0.592. The van der Waals surface area contributed by atoms with Crippen molar-refractivity contribution < 1.29 is 9.18 Å². The van der Waals surface area contributed by atoms with Gasteiger partial charge in [-0.3, -0.25) is 9.89 Å². The third-order valence-electron chi connectivity index (χ3n) is 4.18. The number of aromatic amines is 1. The summed E-state index contributed by atoms with van der Waals surface area (Å²) < 4.78 is 13.2. The molecule has 0 bridgehead atoms. The van der Waals surface area contributed by atoms with E-state index in [9.17, 15) is 9.18 Å². The summed E-state index contributed by atoms with van der Waals surface area (Å²) in [6.45, 7) is 0. The molecule has 0 unspecified atom stereocenters. The SMILES string of the molecule is NC(=O)c1ccccc1-c1ccc2[nH]nc(-c3ccc(F)cc3)c2c1. The average Bonchev–Trinajstić information content (AvgIpc) is 3.05. The van der Waals surface area contributed by atoms with Crippen LogP contribution in [0.2, 0.25) is 0 Å². The van der Waals surface area contributed by atoms with Crippen molar-refractivity contribution in [3.05, 3.63) is 78.1 Å². The molecule has 0 aliphatic rings. The molecule has 0 spiro atoms. The number of hydrogen-bond acceptors (Lipinski definition) is 2. The van der Waals surface area contributed by atoms with Crippen LogP contribution in [0.1, 0.15) is 10.4 Å². The van der Waals surface area contributed by atoms with E-state index in [-0.39, 0.29) is 5.82 Å². The Kier molecular flexibility index (Phi) is 3.54. The van der Waals surface area contributed by atoms with Crippen molar-refractivity contribution in [2.45, 2.75) is 0 Å². The van der Waals surface area contributed by atoms with Crippen LogP contribution in [0.15, 0.2) is 66.7 Å². The number of carbonyl (C=O) groups is 1. The lowest BCUT2D eigenvalue weighted by Crippen LogP contribution is -2.12. The first-order chi connectivity index (χ1) is 12.1. The Morgan fingerprint density at radius 1 is 0.960 bits per heavy atom. The van der Waals surface area contributed by atoms with Crippen LogP contribution in [0.3, 0.4) is 0 Å². The highest BCUT2D eigenvalue weighted by Crippen LogP contribution is 2.31. The van der Waals surface area contributed by atoms with E-state index in [1.165, 1.54) is 12.1 Å². The van der Waals surface area contributed by atoms with Crippen LogP contribution in [0.25, 0.3) is 33.3 Å². The van der Waals surface area contributed by atoms with Crippen molar-refractivity contribution in [1.82, 2.24) is 10.2 Å². The lowest BCUT2D eigenvalue weighted by atomic mass is 9.97. The number of H-pyrrole nitrogens is 1. The zero-order valence-corrected chi connectivity index (χ0v) is 13.2. The maximum atomic E-state index is 13.2. The summed E-state index contributed by atoms with van der Waals surface area (Å²) in [5.74, 6) is -0.763. The molecule has 1 heterocycles. The Hall–Kier alpha value is -3.47. The molecule has 5 heteroatoms. The van der Waals surface area contributed by atoms with E-state index in [0.29, 0.717) is 5.56 Å². The summed E-state index contributed by atoms with van der Waals surface area (Å²) in [5, 5.41) is 8.22. The number of aromatic nitrogens is 2. The standard InChI is InChI=1S/C20H14FN3O/c21-14-8-5-12(6-9-14)19-17-11-13(7-10-18(17)23-24-19)15-3-1-2-4-16(15)20(22)25/h1-11H,(H2,22,25)(H,23,24). The monoisotopic (exact) mass is 331 g/mol. The number of rotatable bonds is 3. The minimum absolute atomic E-state index is 0.292. The van der Waals surface area contributed by atoms with E-state index in [1.54, 1.807) is 24.3 Å². The topological polar surface area (TPSA) is 71.8 Å². The minimum Gasteiger partial charge on any atom is -0.366 e. The zero-order valence-electron chi connectivity index (χ0n) is 13.2. The van der Waals surface area contributed by atoms with Crippen LogP contribution >= 0.6 is 0 Å². The van der Waals surface area contributed by atoms with Gasteiger partial charge in [0.2, 0.25) is 5.91 Å². The molecule has 0 fully saturated rings. The molecule has 0 saturated heterocycles. The maximum Gasteiger partial charge on any atom is 0.249 e. The smallest absolute Gasteiger partial charge is 0.249 e. The van der Waals surface area contributed by atoms with Crippen LogP contribution in [-0.4, -0.2) is 16.1 Å². The molecule has 1 aromatic heterocycles. The first-order valence-electron chi connectivity index (χ1n) is 7.77. The number of hydrogen-bond donors (Lipinski definition) is 2. The fourth-order valence-electron chi connectivity index (χ4n) is 2.96. The van der Waals surface area contributed by atoms with Gasteiger partial charge in [-0.2, -0.15) is 5.10 Å². The van der Waals surface area contributed by atoms with Crippen molar-refractivity contribution in [2.24, 2.45) is 5.73 Å². The molecule has 3 N–H and O–H groups in total. The van der Waals surface area contributed by atoms with Crippen LogP contribution in [0.4, 0.5) is 4.39 Å². The van der Waals surface area contributed by atoms with Gasteiger partial charge in [0.15, 0.2) is 0 Å². The number of nitrogens with two attached hydrogens (primary N) is 1. The number of nitrogens with zero attached hydrogens (tertiary/aromatic N) is 1. The van der Waals surface area contributed by atoms with Gasteiger partial charge in [0.25, 0.3) is 0 Å². The number of nitrogens with one attached hydrogen (secondary N) is 1. The first kappa shape index (κ1) is 15.1. The summed E-state index contributed by atoms with van der Waals surface area (Å²) in [4.78, 5) is 11.7. The molecule has 4 nitrogen and oxygen atoms in total. The summed E-state index contributed by atoms with van der Waals surface area (Å²) in [6, 6.07) is 19.2. The maximum absolute atomic E-state index is 13.2. The molecular weight excluding hydrogens is 317 g/mol. The fraction of sp³-hybridized carbons (Fsp3) is 0. The van der Waals surface area contributed by atoms with Gasteiger partial charge in [0.05, 0.1) is 11.2 Å². The van der Waals surface area contributed by atoms with E-state index >= 15 is 0 Å². The first-order valence-corrected chi connectivity index (χ1v) is 7.77. The number of halogens is 1. The van der Waals surface area contributed by atoms with Gasteiger partial charge < -0.3 is 5.73 Å². The Balaban J connectivity index is 1.90. The van der Waals surface area contributed by atoms with Crippen LogP contribution < -0.4 is 5.73 Å². The van der Waals surface area contributed by atoms with Crippen LogP contribution in [0, 0.1) is 5.82 Å². The molecule has 4 rings (SSSR count). The highest BCUT2D eigenvalue weighted by molar-refractivity contribution is 6.02. The van der Waals surface area contributed by atoms with Gasteiger partial charge >= 0.3 is 0 Å². The molecule has 25 heavy (non-hydrogen) atoms. The Bertz CT molecular complexity index is 1080. The molecule has 0 radical (unpaired) electrons. The summed E-state index contributed by atoms with van der Waals surface area (Å²) in [5.41, 5.74) is 9.99. The average molecular weight is 331 g/mol. The molecule has 0 atom stereocenters. The highest BCUT2D eigenvalue weighted by Gasteiger charge is 2.13. The lowest BCUT2D eigenvalue weighted by molar-refractivity contribution is 0.100. The van der Waals surface area contributed by atoms with Crippen molar-refractivity contribution in [1.29, 1.82) is 0 Å². The van der Waals surface area contributed by atoms with Gasteiger partial charge in [-0.1, -0.05) is 24.3 Å². The third kappa shape index (κ3) is 2.65. The second kappa shape index (κ2) is 5.87. The number of primary amides is 1. The molecule has 0 saturated carbocycles. The lowest BCUT2D eigenvalue weighted by Gasteiger charge is -2.07. The van der Waals surface area contributed by atoms with E-state index in [2.05, 4.69) is 10.2 Å². The molecule has 0 aliphatic heterocycles. The Morgan fingerprint density at radius 2 is 1.68 bits per heavy atom. The molecule has 1 amide bonds. The van der Waals surface area contributed by atoms with E-state index < -0.39 is 5.91 Å². The summed E-state index contributed by atoms with van der Waals surface area (Å²) in [6.07, 6.45) is 0. The largest absolute Gasteiger partial charge is 0.366 e. The highest BCUT2D eigenvalue weighted by atomic mass is 19.1.